The lowest BCUT2D eigenvalue weighted by molar-refractivity contribution is 0.275. The highest BCUT2D eigenvalue weighted by molar-refractivity contribution is 5.61. The van der Waals surface area contributed by atoms with E-state index in [0.717, 1.165) is 11.3 Å². The zero-order valence-electron chi connectivity index (χ0n) is 8.88. The summed E-state index contributed by atoms with van der Waals surface area (Å²) in [6.07, 6.45) is 0. The van der Waals surface area contributed by atoms with E-state index in [1.165, 1.54) is 0 Å². The highest BCUT2D eigenvalue weighted by atomic mass is 16.3. The second-order valence-electron chi connectivity index (χ2n) is 3.49. The summed E-state index contributed by atoms with van der Waals surface area (Å²) in [5.74, 6) is 0. The maximum Gasteiger partial charge on any atom is 0.0991 e. The summed E-state index contributed by atoms with van der Waals surface area (Å²) in [5, 5.41) is 21.8. The average Bonchev–Trinajstić information content (AvgIpc) is 2.71. The second-order valence-corrected chi connectivity index (χ2v) is 3.49. The van der Waals surface area contributed by atoms with Gasteiger partial charge in [-0.1, -0.05) is 12.1 Å². The summed E-state index contributed by atoms with van der Waals surface area (Å²) in [6.45, 7) is -0.0654. The molecule has 4 heteroatoms. The van der Waals surface area contributed by atoms with Crippen LogP contribution >= 0.6 is 0 Å². The van der Waals surface area contributed by atoms with Gasteiger partial charge in [0, 0.05) is 7.05 Å². The number of benzene rings is 1. The van der Waals surface area contributed by atoms with Crippen molar-refractivity contribution >= 4 is 0 Å². The van der Waals surface area contributed by atoms with Gasteiger partial charge in [0.1, 0.15) is 0 Å². The molecule has 0 atom stereocenters. The van der Waals surface area contributed by atoms with Crippen LogP contribution in [0.25, 0.3) is 11.3 Å². The Kier molecular flexibility index (Phi) is 2.71. The van der Waals surface area contributed by atoms with E-state index in [9.17, 15) is 0 Å². The number of nitriles is 1. The molecule has 2 rings (SSSR count). The molecule has 2 aromatic rings. The zero-order chi connectivity index (χ0) is 11.5. The molecule has 0 spiro atoms. The zero-order valence-corrected chi connectivity index (χ0v) is 8.88. The van der Waals surface area contributed by atoms with Gasteiger partial charge in [-0.2, -0.15) is 10.4 Å². The Morgan fingerprint density at radius 1 is 1.38 bits per heavy atom. The maximum absolute atomic E-state index is 8.99. The van der Waals surface area contributed by atoms with E-state index >= 15 is 0 Å². The molecule has 1 heterocycles. The number of aliphatic hydroxyl groups excluding tert-OH is 1. The van der Waals surface area contributed by atoms with E-state index in [1.54, 1.807) is 16.8 Å². The highest BCUT2D eigenvalue weighted by Crippen LogP contribution is 2.20. The Balaban J connectivity index is 2.42. The number of nitrogens with zero attached hydrogens (tertiary/aromatic N) is 3. The first-order chi connectivity index (χ1) is 7.74. The van der Waals surface area contributed by atoms with E-state index in [0.29, 0.717) is 11.3 Å². The minimum atomic E-state index is -0.0654. The Bertz CT molecular complexity index is 534. The van der Waals surface area contributed by atoms with Gasteiger partial charge in [0.05, 0.1) is 29.6 Å². The molecular formula is C12H11N3O. The number of aromatic nitrogens is 2. The summed E-state index contributed by atoms with van der Waals surface area (Å²) >= 11 is 0. The molecule has 80 valence electrons. The molecule has 1 aromatic carbocycles. The lowest BCUT2D eigenvalue weighted by Gasteiger charge is -2.00. The van der Waals surface area contributed by atoms with Crippen molar-refractivity contribution < 1.29 is 5.11 Å². The fourth-order valence-electron chi connectivity index (χ4n) is 1.59. The molecule has 0 unspecified atom stereocenters. The fourth-order valence-corrected chi connectivity index (χ4v) is 1.59. The Morgan fingerprint density at radius 2 is 2.06 bits per heavy atom. The largest absolute Gasteiger partial charge is 0.390 e. The van der Waals surface area contributed by atoms with Crippen LogP contribution in [0, 0.1) is 11.3 Å². The predicted octanol–water partition coefficient (Wildman–Crippen LogP) is 1.45. The van der Waals surface area contributed by atoms with Crippen LogP contribution in [0.5, 0.6) is 0 Å². The van der Waals surface area contributed by atoms with Crippen molar-refractivity contribution in [2.75, 3.05) is 0 Å². The van der Waals surface area contributed by atoms with E-state index in [4.69, 9.17) is 10.4 Å². The highest BCUT2D eigenvalue weighted by Gasteiger charge is 2.06. The molecule has 0 amide bonds. The standard InChI is InChI=1S/C12H11N3O/c1-15-12(6-11(8-16)14-15)10-4-2-9(7-13)3-5-10/h2-6,16H,8H2,1H3. The van der Waals surface area contributed by atoms with E-state index < -0.39 is 0 Å². The molecule has 0 radical (unpaired) electrons. The van der Waals surface area contributed by atoms with Gasteiger partial charge in [-0.25, -0.2) is 0 Å². The van der Waals surface area contributed by atoms with Gasteiger partial charge in [-0.3, -0.25) is 4.68 Å². The van der Waals surface area contributed by atoms with E-state index in [-0.39, 0.29) is 6.61 Å². The molecule has 4 nitrogen and oxygen atoms in total. The fraction of sp³-hybridized carbons (Fsp3) is 0.167. The Labute approximate surface area is 93.4 Å². The van der Waals surface area contributed by atoms with Gasteiger partial charge in [0.25, 0.3) is 0 Å². The molecule has 1 aromatic heterocycles. The number of aryl methyl sites for hydroxylation is 1. The van der Waals surface area contributed by atoms with Crippen molar-refractivity contribution in [3.63, 3.8) is 0 Å². The lowest BCUT2D eigenvalue weighted by atomic mass is 10.1. The maximum atomic E-state index is 8.99. The Hall–Kier alpha value is -2.12. The van der Waals surface area contributed by atoms with Crippen molar-refractivity contribution in [2.45, 2.75) is 6.61 Å². The third kappa shape index (κ3) is 1.81. The summed E-state index contributed by atoms with van der Waals surface area (Å²) in [7, 11) is 1.83. The lowest BCUT2D eigenvalue weighted by Crippen LogP contribution is -1.94. The minimum absolute atomic E-state index is 0.0654. The molecule has 0 bridgehead atoms. The van der Waals surface area contributed by atoms with Crippen molar-refractivity contribution in [1.29, 1.82) is 5.26 Å². The first-order valence-electron chi connectivity index (χ1n) is 4.89. The van der Waals surface area contributed by atoms with Crippen LogP contribution < -0.4 is 0 Å². The number of hydrogen-bond donors (Lipinski definition) is 1. The molecule has 16 heavy (non-hydrogen) atoms. The van der Waals surface area contributed by atoms with Crippen molar-refractivity contribution in [2.24, 2.45) is 7.05 Å². The van der Waals surface area contributed by atoms with Gasteiger partial charge in [0.15, 0.2) is 0 Å². The summed E-state index contributed by atoms with van der Waals surface area (Å²) in [4.78, 5) is 0. The van der Waals surface area contributed by atoms with Crippen LogP contribution in [-0.2, 0) is 13.7 Å². The first kappa shape index (κ1) is 10.4. The van der Waals surface area contributed by atoms with Gasteiger partial charge in [0.2, 0.25) is 0 Å². The van der Waals surface area contributed by atoms with Crippen LogP contribution in [0.1, 0.15) is 11.3 Å². The van der Waals surface area contributed by atoms with Crippen LogP contribution in [0.15, 0.2) is 30.3 Å². The van der Waals surface area contributed by atoms with Gasteiger partial charge in [-0.15, -0.1) is 0 Å². The molecule has 0 aliphatic carbocycles. The van der Waals surface area contributed by atoms with Crippen LogP contribution in [-0.4, -0.2) is 14.9 Å². The summed E-state index contributed by atoms with van der Waals surface area (Å²) in [5.41, 5.74) is 3.18. The van der Waals surface area contributed by atoms with Gasteiger partial charge in [-0.05, 0) is 23.8 Å². The number of rotatable bonds is 2. The third-order valence-corrected chi connectivity index (χ3v) is 2.40. The quantitative estimate of drug-likeness (QED) is 0.821. The summed E-state index contributed by atoms with van der Waals surface area (Å²) in [6, 6.07) is 11.2. The molecule has 0 fully saturated rings. The predicted molar refractivity (Wildman–Crippen MR) is 59.3 cm³/mol. The Morgan fingerprint density at radius 3 is 2.56 bits per heavy atom. The topological polar surface area (TPSA) is 61.8 Å². The molecule has 0 saturated heterocycles. The SMILES string of the molecule is Cn1nc(CO)cc1-c1ccc(C#N)cc1. The third-order valence-electron chi connectivity index (χ3n) is 2.40. The van der Waals surface area contributed by atoms with Gasteiger partial charge < -0.3 is 5.11 Å². The monoisotopic (exact) mass is 213 g/mol. The van der Waals surface area contributed by atoms with Crippen molar-refractivity contribution in [1.82, 2.24) is 9.78 Å². The molecule has 0 aliphatic rings. The average molecular weight is 213 g/mol. The van der Waals surface area contributed by atoms with Crippen LogP contribution in [0.4, 0.5) is 0 Å². The molecule has 0 saturated carbocycles. The number of aliphatic hydroxyl groups is 1. The van der Waals surface area contributed by atoms with Crippen molar-refractivity contribution in [3.8, 4) is 17.3 Å². The van der Waals surface area contributed by atoms with Gasteiger partial charge >= 0.3 is 0 Å². The molecular weight excluding hydrogens is 202 g/mol. The summed E-state index contributed by atoms with van der Waals surface area (Å²) < 4.78 is 1.72. The van der Waals surface area contributed by atoms with E-state index in [2.05, 4.69) is 11.2 Å². The van der Waals surface area contributed by atoms with Crippen molar-refractivity contribution in [3.05, 3.63) is 41.6 Å². The minimum Gasteiger partial charge on any atom is -0.390 e. The smallest absolute Gasteiger partial charge is 0.0991 e. The van der Waals surface area contributed by atoms with E-state index in [1.807, 2.05) is 25.2 Å². The first-order valence-corrected chi connectivity index (χ1v) is 4.89. The van der Waals surface area contributed by atoms with Crippen LogP contribution in [0.2, 0.25) is 0 Å². The normalized spacial score (nSPS) is 10.1. The van der Waals surface area contributed by atoms with Crippen LogP contribution in [0.3, 0.4) is 0 Å². The number of hydrogen-bond acceptors (Lipinski definition) is 3. The second kappa shape index (κ2) is 4.17. The molecule has 0 aliphatic heterocycles. The molecule has 1 N–H and O–H groups in total.